The highest BCUT2D eigenvalue weighted by atomic mass is 32.2. The van der Waals surface area contributed by atoms with E-state index in [1.165, 1.54) is 11.8 Å². The zero-order valence-corrected chi connectivity index (χ0v) is 20.8. The van der Waals surface area contributed by atoms with Crippen LogP contribution in [0.2, 0.25) is 0 Å². The maximum atomic E-state index is 13.5. The molecule has 0 aliphatic heterocycles. The Morgan fingerprint density at radius 3 is 2.38 bits per heavy atom. The van der Waals surface area contributed by atoms with Crippen LogP contribution >= 0.6 is 11.8 Å². The predicted octanol–water partition coefficient (Wildman–Crippen LogP) is 5.53. The van der Waals surface area contributed by atoms with Crippen LogP contribution in [-0.4, -0.2) is 32.2 Å². The van der Waals surface area contributed by atoms with E-state index in [-0.39, 0.29) is 23.3 Å². The average molecular weight is 472 g/mol. The smallest absolute Gasteiger partial charge is 0.266 e. The van der Waals surface area contributed by atoms with Crippen molar-refractivity contribution in [2.75, 3.05) is 5.75 Å². The third-order valence-electron chi connectivity index (χ3n) is 5.96. The van der Waals surface area contributed by atoms with Gasteiger partial charge in [0.05, 0.1) is 22.3 Å². The molecule has 0 fully saturated rings. The first-order chi connectivity index (χ1) is 16.3. The molecule has 0 saturated heterocycles. The van der Waals surface area contributed by atoms with Gasteiger partial charge in [0.15, 0.2) is 5.16 Å². The van der Waals surface area contributed by atoms with Crippen molar-refractivity contribution < 1.29 is 4.79 Å². The van der Waals surface area contributed by atoms with Crippen LogP contribution in [0.15, 0.2) is 82.7 Å². The molecular formula is C28H29N3O2S. The molecule has 174 valence electrons. The second-order valence-corrected chi connectivity index (χ2v) is 9.65. The van der Waals surface area contributed by atoms with Crippen LogP contribution in [0.1, 0.15) is 30.5 Å². The summed E-state index contributed by atoms with van der Waals surface area (Å²) in [5, 5.41) is 1.08. The van der Waals surface area contributed by atoms with Gasteiger partial charge in [0, 0.05) is 12.6 Å². The molecule has 0 bridgehead atoms. The zero-order valence-electron chi connectivity index (χ0n) is 20.0. The Morgan fingerprint density at radius 1 is 0.971 bits per heavy atom. The number of thioether (sulfide) groups is 1. The van der Waals surface area contributed by atoms with Gasteiger partial charge in [0.25, 0.3) is 5.56 Å². The lowest BCUT2D eigenvalue weighted by Gasteiger charge is -2.27. The fourth-order valence-corrected chi connectivity index (χ4v) is 4.75. The first-order valence-electron chi connectivity index (χ1n) is 11.4. The minimum Gasteiger partial charge on any atom is -0.335 e. The number of para-hydroxylation sites is 1. The number of aromatic nitrogens is 2. The Bertz CT molecular complexity index is 1380. The van der Waals surface area contributed by atoms with E-state index in [0.29, 0.717) is 22.6 Å². The maximum absolute atomic E-state index is 13.5. The molecular weight excluding hydrogens is 442 g/mol. The Morgan fingerprint density at radius 2 is 1.68 bits per heavy atom. The third-order valence-corrected chi connectivity index (χ3v) is 6.88. The number of amides is 1. The van der Waals surface area contributed by atoms with Gasteiger partial charge in [-0.25, -0.2) is 4.98 Å². The Kier molecular flexibility index (Phi) is 7.17. The van der Waals surface area contributed by atoms with Gasteiger partial charge in [-0.1, -0.05) is 60.3 Å². The number of nitrogens with zero attached hydrogens (tertiary/aromatic N) is 3. The van der Waals surface area contributed by atoms with E-state index in [9.17, 15) is 9.59 Å². The van der Waals surface area contributed by atoms with Crippen molar-refractivity contribution in [3.63, 3.8) is 0 Å². The van der Waals surface area contributed by atoms with Gasteiger partial charge in [-0.2, -0.15) is 0 Å². The Hall–Kier alpha value is -3.38. The van der Waals surface area contributed by atoms with Crippen molar-refractivity contribution in [3.8, 4) is 5.69 Å². The van der Waals surface area contributed by atoms with Crippen LogP contribution in [0, 0.1) is 13.8 Å². The lowest BCUT2D eigenvalue weighted by atomic mass is 10.1. The number of aryl methyl sites for hydroxylation is 2. The maximum Gasteiger partial charge on any atom is 0.266 e. The minimum absolute atomic E-state index is 0.0119. The summed E-state index contributed by atoms with van der Waals surface area (Å²) in [4.78, 5) is 33.4. The first kappa shape index (κ1) is 23.8. The van der Waals surface area contributed by atoms with Crippen LogP contribution in [0.3, 0.4) is 0 Å². The highest BCUT2D eigenvalue weighted by Crippen LogP contribution is 2.24. The molecule has 0 unspecified atom stereocenters. The molecule has 0 aliphatic rings. The number of carbonyl (C=O) groups is 1. The average Bonchev–Trinajstić information content (AvgIpc) is 2.83. The molecule has 34 heavy (non-hydrogen) atoms. The molecule has 0 spiro atoms. The van der Waals surface area contributed by atoms with Crippen LogP contribution in [0.5, 0.6) is 0 Å². The summed E-state index contributed by atoms with van der Waals surface area (Å²) in [5.74, 6) is 0.207. The standard InChI is InChI=1S/C28H29N3O2S/c1-19(2)30(17-22-10-6-5-7-11-22)26(32)18-34-28-29-25-13-9-8-12-24(25)27(33)31(28)23-15-14-20(3)21(4)16-23/h5-16,19H,17-18H2,1-4H3. The summed E-state index contributed by atoms with van der Waals surface area (Å²) in [7, 11) is 0. The van der Waals surface area contributed by atoms with Crippen molar-refractivity contribution in [1.82, 2.24) is 14.5 Å². The van der Waals surface area contributed by atoms with Crippen molar-refractivity contribution in [3.05, 3.63) is 99.8 Å². The molecule has 1 amide bonds. The van der Waals surface area contributed by atoms with Gasteiger partial charge in [-0.05, 0) is 68.7 Å². The highest BCUT2D eigenvalue weighted by Gasteiger charge is 2.20. The van der Waals surface area contributed by atoms with Crippen LogP contribution in [-0.2, 0) is 11.3 Å². The molecule has 4 aromatic rings. The van der Waals surface area contributed by atoms with Gasteiger partial charge in [-0.15, -0.1) is 0 Å². The van der Waals surface area contributed by atoms with Gasteiger partial charge >= 0.3 is 0 Å². The van der Waals surface area contributed by atoms with E-state index in [2.05, 4.69) is 0 Å². The van der Waals surface area contributed by atoms with E-state index >= 15 is 0 Å². The SMILES string of the molecule is Cc1ccc(-n2c(SCC(=O)N(Cc3ccccc3)C(C)C)nc3ccccc3c2=O)cc1C. The second-order valence-electron chi connectivity index (χ2n) is 8.71. The molecule has 4 rings (SSSR count). The molecule has 0 atom stereocenters. The monoisotopic (exact) mass is 471 g/mol. The number of benzene rings is 3. The van der Waals surface area contributed by atoms with E-state index in [1.54, 1.807) is 10.6 Å². The topological polar surface area (TPSA) is 55.2 Å². The lowest BCUT2D eigenvalue weighted by Crippen LogP contribution is -2.37. The number of fused-ring (bicyclic) bond motifs is 1. The first-order valence-corrected chi connectivity index (χ1v) is 12.4. The second kappa shape index (κ2) is 10.3. The number of carbonyl (C=O) groups excluding carboxylic acids is 1. The Labute approximate surface area is 204 Å². The van der Waals surface area contributed by atoms with Crippen molar-refractivity contribution in [2.24, 2.45) is 0 Å². The highest BCUT2D eigenvalue weighted by molar-refractivity contribution is 7.99. The molecule has 1 aromatic heterocycles. The summed E-state index contributed by atoms with van der Waals surface area (Å²) in [6, 6.07) is 23.3. The van der Waals surface area contributed by atoms with E-state index in [0.717, 1.165) is 22.4 Å². The van der Waals surface area contributed by atoms with Crippen molar-refractivity contribution in [1.29, 1.82) is 0 Å². The number of rotatable bonds is 7. The van der Waals surface area contributed by atoms with Crippen LogP contribution in [0.25, 0.3) is 16.6 Å². The number of hydrogen-bond acceptors (Lipinski definition) is 4. The summed E-state index contributed by atoms with van der Waals surface area (Å²) in [6.07, 6.45) is 0. The molecule has 3 aromatic carbocycles. The molecule has 0 radical (unpaired) electrons. The van der Waals surface area contributed by atoms with Gasteiger partial charge in [0.1, 0.15) is 0 Å². The lowest BCUT2D eigenvalue weighted by molar-refractivity contribution is -0.130. The minimum atomic E-state index is -0.131. The molecule has 6 heteroatoms. The zero-order chi connectivity index (χ0) is 24.2. The van der Waals surface area contributed by atoms with Gasteiger partial charge in [-0.3, -0.25) is 14.2 Å². The van der Waals surface area contributed by atoms with Gasteiger partial charge in [0.2, 0.25) is 5.91 Å². The third kappa shape index (κ3) is 5.07. The summed E-state index contributed by atoms with van der Waals surface area (Å²) in [6.45, 7) is 8.66. The summed E-state index contributed by atoms with van der Waals surface area (Å²) in [5.41, 5.74) is 4.60. The van der Waals surface area contributed by atoms with Gasteiger partial charge < -0.3 is 4.90 Å². The molecule has 0 saturated carbocycles. The largest absolute Gasteiger partial charge is 0.335 e. The quantitative estimate of drug-likeness (QED) is 0.263. The van der Waals surface area contributed by atoms with Crippen molar-refractivity contribution in [2.45, 2.75) is 45.4 Å². The van der Waals surface area contributed by atoms with E-state index < -0.39 is 0 Å². The van der Waals surface area contributed by atoms with Crippen molar-refractivity contribution >= 4 is 28.6 Å². The molecule has 0 aliphatic carbocycles. The van der Waals surface area contributed by atoms with Crippen LogP contribution in [0.4, 0.5) is 0 Å². The normalized spacial score (nSPS) is 11.2. The molecule has 0 N–H and O–H groups in total. The predicted molar refractivity (Wildman–Crippen MR) is 140 cm³/mol. The summed E-state index contributed by atoms with van der Waals surface area (Å²) >= 11 is 1.31. The Balaban J connectivity index is 1.68. The summed E-state index contributed by atoms with van der Waals surface area (Å²) < 4.78 is 1.63. The molecule has 1 heterocycles. The molecule has 5 nitrogen and oxygen atoms in total. The fraction of sp³-hybridized carbons (Fsp3) is 0.250. The fourth-order valence-electron chi connectivity index (χ4n) is 3.85. The van der Waals surface area contributed by atoms with E-state index in [4.69, 9.17) is 4.98 Å². The number of hydrogen-bond donors (Lipinski definition) is 0. The van der Waals surface area contributed by atoms with E-state index in [1.807, 2.05) is 99.3 Å². The van der Waals surface area contributed by atoms with Crippen LogP contribution < -0.4 is 5.56 Å².